The van der Waals surface area contributed by atoms with E-state index < -0.39 is 0 Å². The Hall–Kier alpha value is -1.02. The molecule has 1 aliphatic carbocycles. The van der Waals surface area contributed by atoms with Gasteiger partial charge in [0.1, 0.15) is 5.75 Å². The Labute approximate surface area is 123 Å². The zero-order valence-electron chi connectivity index (χ0n) is 13.6. The predicted octanol–water partition coefficient (Wildman–Crippen LogP) is 4.40. The number of ether oxygens (including phenoxy) is 1. The largest absolute Gasteiger partial charge is 0.496 e. The fourth-order valence-corrected chi connectivity index (χ4v) is 3.79. The van der Waals surface area contributed by atoms with Crippen LogP contribution >= 0.6 is 0 Å². The molecule has 0 saturated heterocycles. The van der Waals surface area contributed by atoms with Crippen LogP contribution in [0.1, 0.15) is 55.8 Å². The molecule has 1 aromatic rings. The van der Waals surface area contributed by atoms with Gasteiger partial charge < -0.3 is 10.1 Å². The van der Waals surface area contributed by atoms with Gasteiger partial charge in [-0.1, -0.05) is 26.3 Å². The maximum absolute atomic E-state index is 5.68. The average Bonchev–Trinajstić information content (AvgIpc) is 2.82. The van der Waals surface area contributed by atoms with E-state index in [0.717, 1.165) is 24.1 Å². The van der Waals surface area contributed by atoms with E-state index in [1.165, 1.54) is 36.0 Å². The Balaban J connectivity index is 2.38. The van der Waals surface area contributed by atoms with E-state index in [1.54, 1.807) is 7.11 Å². The molecular formula is C18H29NO. The number of hydrogen-bond acceptors (Lipinski definition) is 2. The monoisotopic (exact) mass is 275 g/mol. The van der Waals surface area contributed by atoms with Crippen LogP contribution < -0.4 is 10.1 Å². The molecule has 0 aliphatic heterocycles. The molecule has 2 heteroatoms. The standard InChI is InChI=1S/C18H29NO/c1-6-19-18(15-8-7-12(2)10-15)17-14(4)9-13(3)11-16(17)20-5/h9,11-12,15,18-19H,6-8,10H2,1-5H3. The lowest BCUT2D eigenvalue weighted by Crippen LogP contribution is -2.28. The smallest absolute Gasteiger partial charge is 0.124 e. The van der Waals surface area contributed by atoms with Crippen LogP contribution in [-0.4, -0.2) is 13.7 Å². The van der Waals surface area contributed by atoms with Gasteiger partial charge in [0.15, 0.2) is 0 Å². The first-order valence-electron chi connectivity index (χ1n) is 7.95. The highest BCUT2D eigenvalue weighted by molar-refractivity contribution is 5.45. The number of methoxy groups -OCH3 is 1. The van der Waals surface area contributed by atoms with E-state index in [2.05, 4.69) is 45.1 Å². The van der Waals surface area contributed by atoms with Crippen molar-refractivity contribution in [3.05, 3.63) is 28.8 Å². The number of benzene rings is 1. The van der Waals surface area contributed by atoms with Gasteiger partial charge in [-0.3, -0.25) is 0 Å². The summed E-state index contributed by atoms with van der Waals surface area (Å²) in [6.45, 7) is 9.93. The van der Waals surface area contributed by atoms with Gasteiger partial charge in [0.25, 0.3) is 0 Å². The molecule has 1 fully saturated rings. The van der Waals surface area contributed by atoms with Crippen molar-refractivity contribution in [1.82, 2.24) is 5.32 Å². The van der Waals surface area contributed by atoms with Crippen LogP contribution in [0, 0.1) is 25.7 Å². The Morgan fingerprint density at radius 1 is 1.30 bits per heavy atom. The van der Waals surface area contributed by atoms with Gasteiger partial charge in [0, 0.05) is 11.6 Å². The first kappa shape index (κ1) is 15.4. The van der Waals surface area contributed by atoms with Crippen molar-refractivity contribution in [2.75, 3.05) is 13.7 Å². The second-order valence-corrected chi connectivity index (χ2v) is 6.41. The quantitative estimate of drug-likeness (QED) is 0.860. The summed E-state index contributed by atoms with van der Waals surface area (Å²) >= 11 is 0. The first-order valence-corrected chi connectivity index (χ1v) is 7.95. The van der Waals surface area contributed by atoms with Gasteiger partial charge in [-0.25, -0.2) is 0 Å². The van der Waals surface area contributed by atoms with Crippen LogP contribution in [0.25, 0.3) is 0 Å². The van der Waals surface area contributed by atoms with Gasteiger partial charge in [0.2, 0.25) is 0 Å². The summed E-state index contributed by atoms with van der Waals surface area (Å²) in [7, 11) is 1.79. The molecule has 2 nitrogen and oxygen atoms in total. The Bertz CT molecular complexity index is 455. The van der Waals surface area contributed by atoms with Crippen LogP contribution in [0.3, 0.4) is 0 Å². The number of rotatable bonds is 5. The van der Waals surface area contributed by atoms with Crippen LogP contribution in [0.4, 0.5) is 0 Å². The van der Waals surface area contributed by atoms with Crippen LogP contribution in [-0.2, 0) is 0 Å². The number of hydrogen-bond donors (Lipinski definition) is 1. The fraction of sp³-hybridized carbons (Fsp3) is 0.667. The van der Waals surface area contributed by atoms with Gasteiger partial charge in [-0.05, 0) is 62.3 Å². The number of nitrogens with one attached hydrogen (secondary N) is 1. The molecule has 20 heavy (non-hydrogen) atoms. The van der Waals surface area contributed by atoms with E-state index in [0.29, 0.717) is 6.04 Å². The predicted molar refractivity (Wildman–Crippen MR) is 85.4 cm³/mol. The first-order chi connectivity index (χ1) is 9.56. The molecule has 0 bridgehead atoms. The molecule has 0 amide bonds. The average molecular weight is 275 g/mol. The molecule has 1 aliphatic rings. The minimum Gasteiger partial charge on any atom is -0.496 e. The van der Waals surface area contributed by atoms with E-state index in [4.69, 9.17) is 4.74 Å². The van der Waals surface area contributed by atoms with Crippen molar-refractivity contribution in [3.63, 3.8) is 0 Å². The topological polar surface area (TPSA) is 21.3 Å². The summed E-state index contributed by atoms with van der Waals surface area (Å²) in [5.41, 5.74) is 4.00. The Kier molecular flexibility index (Phi) is 5.09. The Morgan fingerprint density at radius 3 is 2.60 bits per heavy atom. The van der Waals surface area contributed by atoms with E-state index in [-0.39, 0.29) is 0 Å². The third kappa shape index (κ3) is 3.17. The summed E-state index contributed by atoms with van der Waals surface area (Å²) in [6, 6.07) is 4.88. The highest BCUT2D eigenvalue weighted by Crippen LogP contribution is 2.42. The van der Waals surface area contributed by atoms with Crippen LogP contribution in [0.15, 0.2) is 12.1 Å². The van der Waals surface area contributed by atoms with Gasteiger partial charge in [-0.15, -0.1) is 0 Å². The summed E-state index contributed by atoms with van der Waals surface area (Å²) in [6.07, 6.45) is 4.02. The Morgan fingerprint density at radius 2 is 2.05 bits per heavy atom. The maximum atomic E-state index is 5.68. The summed E-state index contributed by atoms with van der Waals surface area (Å²) in [4.78, 5) is 0. The molecule has 0 radical (unpaired) electrons. The van der Waals surface area contributed by atoms with Crippen molar-refractivity contribution in [3.8, 4) is 5.75 Å². The van der Waals surface area contributed by atoms with Gasteiger partial charge >= 0.3 is 0 Å². The summed E-state index contributed by atoms with van der Waals surface area (Å²) in [5.74, 6) is 2.64. The van der Waals surface area contributed by atoms with Crippen molar-refractivity contribution >= 4 is 0 Å². The van der Waals surface area contributed by atoms with E-state index in [9.17, 15) is 0 Å². The molecule has 2 rings (SSSR count). The molecular weight excluding hydrogens is 246 g/mol. The maximum Gasteiger partial charge on any atom is 0.124 e. The molecule has 0 aromatic heterocycles. The van der Waals surface area contributed by atoms with Crippen LogP contribution in [0.5, 0.6) is 5.75 Å². The highest BCUT2D eigenvalue weighted by atomic mass is 16.5. The zero-order chi connectivity index (χ0) is 14.7. The highest BCUT2D eigenvalue weighted by Gasteiger charge is 2.31. The van der Waals surface area contributed by atoms with Crippen molar-refractivity contribution in [2.24, 2.45) is 11.8 Å². The number of aryl methyl sites for hydroxylation is 2. The minimum atomic E-state index is 0.431. The minimum absolute atomic E-state index is 0.431. The van der Waals surface area contributed by atoms with Crippen molar-refractivity contribution < 1.29 is 4.74 Å². The molecule has 1 N–H and O–H groups in total. The molecule has 3 unspecified atom stereocenters. The molecule has 112 valence electrons. The van der Waals surface area contributed by atoms with E-state index in [1.807, 2.05) is 0 Å². The lowest BCUT2D eigenvalue weighted by molar-refractivity contribution is 0.342. The van der Waals surface area contributed by atoms with Crippen molar-refractivity contribution in [2.45, 2.75) is 53.0 Å². The normalized spacial score (nSPS) is 23.9. The molecule has 0 heterocycles. The zero-order valence-corrected chi connectivity index (χ0v) is 13.6. The third-order valence-electron chi connectivity index (χ3n) is 4.65. The van der Waals surface area contributed by atoms with Crippen LogP contribution in [0.2, 0.25) is 0 Å². The second-order valence-electron chi connectivity index (χ2n) is 6.41. The summed E-state index contributed by atoms with van der Waals surface area (Å²) < 4.78 is 5.68. The SMILES string of the molecule is CCNC(c1c(C)cc(C)cc1OC)C1CCC(C)C1. The van der Waals surface area contributed by atoms with Gasteiger partial charge in [-0.2, -0.15) is 0 Å². The van der Waals surface area contributed by atoms with E-state index >= 15 is 0 Å². The fourth-order valence-electron chi connectivity index (χ4n) is 3.79. The summed E-state index contributed by atoms with van der Waals surface area (Å²) in [5, 5.41) is 3.72. The molecule has 1 saturated carbocycles. The third-order valence-corrected chi connectivity index (χ3v) is 4.65. The lowest BCUT2D eigenvalue weighted by Gasteiger charge is -2.28. The molecule has 0 spiro atoms. The molecule has 1 aromatic carbocycles. The second kappa shape index (κ2) is 6.62. The molecule has 3 atom stereocenters. The lowest BCUT2D eigenvalue weighted by atomic mass is 9.87. The van der Waals surface area contributed by atoms with Gasteiger partial charge in [0.05, 0.1) is 7.11 Å². The van der Waals surface area contributed by atoms with Crippen molar-refractivity contribution in [1.29, 1.82) is 0 Å².